The number of halogens is 1. The van der Waals surface area contributed by atoms with Gasteiger partial charge in [0.25, 0.3) is 0 Å². The fraction of sp³-hybridized carbons (Fsp3) is 0.167. The van der Waals surface area contributed by atoms with Crippen LogP contribution in [0.25, 0.3) is 0 Å². The molecule has 1 aliphatic rings. The van der Waals surface area contributed by atoms with Gasteiger partial charge in [-0.15, -0.1) is 0 Å². The zero-order chi connectivity index (χ0) is 29.9. The molecule has 4 atom stereocenters. The molecule has 0 radical (unpaired) electrons. The molecule has 0 bridgehead atoms. The van der Waals surface area contributed by atoms with Gasteiger partial charge in [-0.25, -0.2) is 19.2 Å². The van der Waals surface area contributed by atoms with Gasteiger partial charge in [-0.05, 0) is 65.9 Å². The first kappa shape index (κ1) is 29.0. The molecule has 0 spiro atoms. The van der Waals surface area contributed by atoms with Crippen molar-refractivity contribution in [2.24, 2.45) is 0 Å². The molecule has 2 heterocycles. The van der Waals surface area contributed by atoms with Gasteiger partial charge in [0, 0.05) is 6.20 Å². The predicted octanol–water partition coefficient (Wildman–Crippen LogP) is 3.98. The summed E-state index contributed by atoms with van der Waals surface area (Å²) in [4.78, 5) is 56.7. The highest BCUT2D eigenvalue weighted by Crippen LogP contribution is 2.44. The molecule has 12 heteroatoms. The molecule has 4 aromatic rings. The molecule has 0 amide bonds. The maximum absolute atomic E-state index is 13.4. The minimum Gasteiger partial charge on any atom is -0.448 e. The molecule has 214 valence electrons. The van der Waals surface area contributed by atoms with Gasteiger partial charge >= 0.3 is 23.6 Å². The van der Waals surface area contributed by atoms with E-state index in [-0.39, 0.29) is 22.5 Å². The van der Waals surface area contributed by atoms with Crippen LogP contribution in [0.1, 0.15) is 44.2 Å². The summed E-state index contributed by atoms with van der Waals surface area (Å²) in [5.74, 6) is -2.41. The predicted molar refractivity (Wildman–Crippen MR) is 157 cm³/mol. The maximum atomic E-state index is 13.4. The molecular formula is C30H24IN3O8. The Labute approximate surface area is 253 Å². The summed E-state index contributed by atoms with van der Waals surface area (Å²) < 4.78 is 25.1. The van der Waals surface area contributed by atoms with E-state index in [2.05, 4.69) is 4.98 Å². The van der Waals surface area contributed by atoms with Crippen LogP contribution >= 0.6 is 22.6 Å². The fourth-order valence-corrected chi connectivity index (χ4v) is 4.84. The lowest BCUT2D eigenvalue weighted by molar-refractivity contribution is -0.150. The lowest BCUT2D eigenvalue weighted by Crippen LogP contribution is -2.51. The molecule has 0 saturated carbocycles. The summed E-state index contributed by atoms with van der Waals surface area (Å²) in [7, 11) is 0. The first-order valence-corrected chi connectivity index (χ1v) is 13.8. The highest BCUT2D eigenvalue weighted by atomic mass is 127. The van der Waals surface area contributed by atoms with Crippen molar-refractivity contribution < 1.29 is 33.3 Å². The first-order chi connectivity index (χ1) is 20.2. The fourth-order valence-electron chi connectivity index (χ4n) is 4.42. The average Bonchev–Trinajstić information content (AvgIpc) is 3.26. The van der Waals surface area contributed by atoms with E-state index in [1.807, 2.05) is 22.6 Å². The normalized spacial score (nSPS) is 21.3. The van der Waals surface area contributed by atoms with Crippen LogP contribution in [0.3, 0.4) is 0 Å². The summed E-state index contributed by atoms with van der Waals surface area (Å²) in [6, 6.07) is 24.3. The summed E-state index contributed by atoms with van der Waals surface area (Å²) in [6.07, 6.45) is -3.23. The number of ether oxygens (including phenoxy) is 4. The van der Waals surface area contributed by atoms with Crippen molar-refractivity contribution >= 4 is 46.3 Å². The molecule has 2 N–H and O–H groups in total. The van der Waals surface area contributed by atoms with Crippen LogP contribution in [0.15, 0.2) is 102 Å². The monoisotopic (exact) mass is 681 g/mol. The van der Waals surface area contributed by atoms with Crippen molar-refractivity contribution in [1.82, 2.24) is 9.55 Å². The second-order valence-corrected chi connectivity index (χ2v) is 10.6. The Hall–Kier alpha value is -4.56. The van der Waals surface area contributed by atoms with Crippen molar-refractivity contribution in [3.8, 4) is 0 Å². The Morgan fingerprint density at radius 3 is 1.83 bits per heavy atom. The molecule has 11 nitrogen and oxygen atoms in total. The SMILES string of the molecule is C[C@@]1(OC(=O)c2ccccc2)C(OC(=O)c2ccccc2)C(OC(=O)c2ccccc2)O[C@H]1n1cc(I)c(N)nc1=O. The van der Waals surface area contributed by atoms with E-state index in [4.69, 9.17) is 24.7 Å². The number of esters is 3. The van der Waals surface area contributed by atoms with E-state index in [0.717, 1.165) is 4.57 Å². The Bertz CT molecular complexity index is 1670. The number of nitrogens with two attached hydrogens (primary N) is 1. The summed E-state index contributed by atoms with van der Waals surface area (Å²) in [6.45, 7) is 1.42. The van der Waals surface area contributed by atoms with Crippen LogP contribution in [0.5, 0.6) is 0 Å². The molecule has 0 aliphatic carbocycles. The van der Waals surface area contributed by atoms with Gasteiger partial charge in [0.15, 0.2) is 11.8 Å². The van der Waals surface area contributed by atoms with E-state index in [1.165, 1.54) is 49.5 Å². The van der Waals surface area contributed by atoms with Crippen LogP contribution in [-0.4, -0.2) is 45.5 Å². The number of nitrogens with zero attached hydrogens (tertiary/aromatic N) is 2. The molecule has 2 unspecified atom stereocenters. The topological polar surface area (TPSA) is 149 Å². The number of nitrogen functional groups attached to an aromatic ring is 1. The lowest BCUT2D eigenvalue weighted by Gasteiger charge is -2.34. The number of rotatable bonds is 7. The standard InChI is InChI=1S/C30H24IN3O8/c1-30(42-26(37)20-15-9-4-10-16-20)22(39-24(35)18-11-5-2-6-12-18)27(40-25(36)19-13-7-3-8-14-19)41-28(30)34-17-21(31)23(32)33-29(34)38/h2-17,22,27-28H,1H3,(H2,32,33,38)/t22?,27?,28-,30-/m1/s1. The summed E-state index contributed by atoms with van der Waals surface area (Å²) in [5.41, 5.74) is 3.66. The quantitative estimate of drug-likeness (QED) is 0.173. The van der Waals surface area contributed by atoms with Crippen molar-refractivity contribution in [2.75, 3.05) is 5.73 Å². The van der Waals surface area contributed by atoms with Crippen LogP contribution in [-0.2, 0) is 18.9 Å². The third kappa shape index (κ3) is 5.90. The van der Waals surface area contributed by atoms with Crippen molar-refractivity contribution in [3.05, 3.63) is 128 Å². The van der Waals surface area contributed by atoms with Gasteiger partial charge in [-0.1, -0.05) is 54.6 Å². The number of aromatic nitrogens is 2. The van der Waals surface area contributed by atoms with Gasteiger partial charge in [-0.2, -0.15) is 4.98 Å². The van der Waals surface area contributed by atoms with Gasteiger partial charge in [0.05, 0.1) is 20.3 Å². The van der Waals surface area contributed by atoms with Crippen LogP contribution in [0.2, 0.25) is 0 Å². The van der Waals surface area contributed by atoms with E-state index in [9.17, 15) is 19.2 Å². The maximum Gasteiger partial charge on any atom is 0.351 e. The van der Waals surface area contributed by atoms with Crippen LogP contribution in [0, 0.1) is 3.57 Å². The smallest absolute Gasteiger partial charge is 0.351 e. The minimum absolute atomic E-state index is 0.0167. The minimum atomic E-state index is -1.91. The Balaban J connectivity index is 1.61. The van der Waals surface area contributed by atoms with Crippen LogP contribution < -0.4 is 11.4 Å². The second-order valence-electron chi connectivity index (χ2n) is 9.42. The number of hydrogen-bond donors (Lipinski definition) is 1. The van der Waals surface area contributed by atoms with E-state index < -0.39 is 47.8 Å². The zero-order valence-electron chi connectivity index (χ0n) is 22.1. The molecule has 1 aromatic heterocycles. The Morgan fingerprint density at radius 2 is 1.31 bits per heavy atom. The van der Waals surface area contributed by atoms with E-state index in [1.54, 1.807) is 54.6 Å². The first-order valence-electron chi connectivity index (χ1n) is 12.7. The lowest BCUT2D eigenvalue weighted by atomic mass is 9.97. The molecule has 1 fully saturated rings. The molecule has 3 aromatic carbocycles. The van der Waals surface area contributed by atoms with Gasteiger partial charge in [0.2, 0.25) is 12.4 Å². The number of hydrogen-bond acceptors (Lipinski definition) is 10. The van der Waals surface area contributed by atoms with Crippen LogP contribution in [0.4, 0.5) is 5.82 Å². The highest BCUT2D eigenvalue weighted by Gasteiger charge is 2.62. The molecular weight excluding hydrogens is 657 g/mol. The van der Waals surface area contributed by atoms with Gasteiger partial charge in [-0.3, -0.25) is 4.57 Å². The number of carbonyl (C=O) groups is 3. The third-order valence-electron chi connectivity index (χ3n) is 6.55. The van der Waals surface area contributed by atoms with Gasteiger partial charge < -0.3 is 24.7 Å². The molecule has 1 aliphatic heterocycles. The van der Waals surface area contributed by atoms with Gasteiger partial charge in [0.1, 0.15) is 5.82 Å². The third-order valence-corrected chi connectivity index (χ3v) is 7.38. The molecule has 5 rings (SSSR count). The van der Waals surface area contributed by atoms with E-state index >= 15 is 0 Å². The van der Waals surface area contributed by atoms with E-state index in [0.29, 0.717) is 3.57 Å². The number of anilines is 1. The Morgan fingerprint density at radius 1 is 0.833 bits per heavy atom. The highest BCUT2D eigenvalue weighted by molar-refractivity contribution is 14.1. The van der Waals surface area contributed by atoms with Crippen molar-refractivity contribution in [3.63, 3.8) is 0 Å². The second kappa shape index (κ2) is 12.1. The summed E-state index contributed by atoms with van der Waals surface area (Å²) in [5, 5.41) is 0. The molecule has 42 heavy (non-hydrogen) atoms. The number of benzene rings is 3. The summed E-state index contributed by atoms with van der Waals surface area (Å²) >= 11 is 1.88. The van der Waals surface area contributed by atoms with Crippen molar-refractivity contribution in [2.45, 2.75) is 31.1 Å². The zero-order valence-corrected chi connectivity index (χ0v) is 24.2. The molecule has 1 saturated heterocycles. The Kier molecular flexibility index (Phi) is 8.36. The number of carbonyl (C=O) groups excluding carboxylic acids is 3. The average molecular weight is 681 g/mol. The van der Waals surface area contributed by atoms with Crippen molar-refractivity contribution in [1.29, 1.82) is 0 Å². The largest absolute Gasteiger partial charge is 0.448 e.